The Bertz CT molecular complexity index is 934. The van der Waals surface area contributed by atoms with E-state index in [0.29, 0.717) is 23.7 Å². The Kier molecular flexibility index (Phi) is 7.18. The Morgan fingerprint density at radius 2 is 1.59 bits per heavy atom. The molecule has 5 rings (SSSR count). The van der Waals surface area contributed by atoms with Crippen molar-refractivity contribution in [2.45, 2.75) is 70.8 Å². The van der Waals surface area contributed by atoms with Crippen LogP contribution < -0.4 is 4.90 Å². The quantitative estimate of drug-likeness (QED) is 0.645. The van der Waals surface area contributed by atoms with Gasteiger partial charge in [-0.2, -0.15) is 4.98 Å². The number of piperazine rings is 1. The molecule has 7 nitrogen and oxygen atoms in total. The van der Waals surface area contributed by atoms with Crippen LogP contribution in [-0.2, 0) is 4.79 Å². The van der Waals surface area contributed by atoms with E-state index in [1.807, 2.05) is 0 Å². The lowest BCUT2D eigenvalue weighted by molar-refractivity contribution is -0.138. The zero-order valence-electron chi connectivity index (χ0n) is 20.8. The fourth-order valence-corrected chi connectivity index (χ4v) is 5.81. The lowest BCUT2D eigenvalue weighted by atomic mass is 9.93. The highest BCUT2D eigenvalue weighted by Crippen LogP contribution is 2.28. The number of amides is 1. The van der Waals surface area contributed by atoms with Gasteiger partial charge >= 0.3 is 6.01 Å². The molecule has 1 amide bonds. The van der Waals surface area contributed by atoms with E-state index in [1.54, 1.807) is 0 Å². The molecule has 3 heterocycles. The number of carbonyl (C=O) groups is 1. The molecule has 0 radical (unpaired) electrons. The van der Waals surface area contributed by atoms with Crippen LogP contribution >= 0.6 is 0 Å². The lowest BCUT2D eigenvalue weighted by Crippen LogP contribution is -2.54. The van der Waals surface area contributed by atoms with Gasteiger partial charge in [-0.15, -0.1) is 0 Å². The number of anilines is 1. The number of benzene rings is 1. The molecule has 0 spiro atoms. The second-order valence-electron chi connectivity index (χ2n) is 10.6. The predicted octanol–water partition coefficient (Wildman–Crippen LogP) is 4.55. The van der Waals surface area contributed by atoms with Crippen molar-refractivity contribution in [1.29, 1.82) is 0 Å². The van der Waals surface area contributed by atoms with Crippen LogP contribution in [0, 0.1) is 5.92 Å². The summed E-state index contributed by atoms with van der Waals surface area (Å²) < 4.78 is 5.58. The van der Waals surface area contributed by atoms with Gasteiger partial charge in [0.2, 0.25) is 11.7 Å². The van der Waals surface area contributed by atoms with E-state index in [4.69, 9.17) is 4.52 Å². The van der Waals surface area contributed by atoms with Gasteiger partial charge in [0.25, 0.3) is 0 Å². The molecule has 184 valence electrons. The largest absolute Gasteiger partial charge is 0.340 e. The zero-order valence-corrected chi connectivity index (χ0v) is 20.8. The van der Waals surface area contributed by atoms with Crippen LogP contribution in [0.4, 0.5) is 6.01 Å². The second-order valence-corrected chi connectivity index (χ2v) is 10.6. The van der Waals surface area contributed by atoms with Crippen molar-refractivity contribution in [3.63, 3.8) is 0 Å². The topological polar surface area (TPSA) is 65.7 Å². The van der Waals surface area contributed by atoms with Gasteiger partial charge < -0.3 is 14.3 Å². The van der Waals surface area contributed by atoms with Crippen molar-refractivity contribution in [2.24, 2.45) is 5.92 Å². The summed E-state index contributed by atoms with van der Waals surface area (Å²) in [5, 5.41) is 4.20. The summed E-state index contributed by atoms with van der Waals surface area (Å²) in [5.74, 6) is 1.59. The standard InChI is InChI=1S/C27H39N5O2/c1-20(2)21-8-10-22(11-9-21)25-28-27(34-29-25)32-14-12-23(13-15-32)26(33)31-18-16-30(17-19-31)24-6-4-3-5-7-24/h8-11,20,23-24H,3-7,12-19H2,1-2H3. The number of rotatable bonds is 5. The van der Waals surface area contributed by atoms with Gasteiger partial charge in [-0.1, -0.05) is 62.5 Å². The molecular weight excluding hydrogens is 426 g/mol. The van der Waals surface area contributed by atoms with E-state index in [9.17, 15) is 4.79 Å². The van der Waals surface area contributed by atoms with Crippen LogP contribution in [-0.4, -0.2) is 71.2 Å². The molecule has 2 aliphatic heterocycles. The molecular formula is C27H39N5O2. The average Bonchev–Trinajstić information content (AvgIpc) is 3.39. The zero-order chi connectivity index (χ0) is 23.5. The van der Waals surface area contributed by atoms with Crippen LogP contribution in [0.5, 0.6) is 0 Å². The van der Waals surface area contributed by atoms with Crippen molar-refractivity contribution >= 4 is 11.9 Å². The van der Waals surface area contributed by atoms with Crippen molar-refractivity contribution in [2.75, 3.05) is 44.2 Å². The van der Waals surface area contributed by atoms with Crippen molar-refractivity contribution in [3.05, 3.63) is 29.8 Å². The Balaban J connectivity index is 1.11. The van der Waals surface area contributed by atoms with Gasteiger partial charge in [-0.25, -0.2) is 0 Å². The smallest absolute Gasteiger partial charge is 0.324 e. The van der Waals surface area contributed by atoms with E-state index in [-0.39, 0.29) is 5.92 Å². The Morgan fingerprint density at radius 3 is 2.24 bits per heavy atom. The molecule has 3 fully saturated rings. The van der Waals surface area contributed by atoms with Gasteiger partial charge in [0.1, 0.15) is 0 Å². The molecule has 3 aliphatic rings. The number of carbonyl (C=O) groups excluding carboxylic acids is 1. The van der Waals surface area contributed by atoms with E-state index < -0.39 is 0 Å². The molecule has 1 aliphatic carbocycles. The van der Waals surface area contributed by atoms with Crippen LogP contribution in [0.25, 0.3) is 11.4 Å². The van der Waals surface area contributed by atoms with Gasteiger partial charge in [0.05, 0.1) is 0 Å². The first-order valence-corrected chi connectivity index (χ1v) is 13.3. The van der Waals surface area contributed by atoms with Crippen molar-refractivity contribution < 1.29 is 9.32 Å². The number of piperidine rings is 1. The molecule has 0 N–H and O–H groups in total. The number of hydrogen-bond acceptors (Lipinski definition) is 6. The maximum absolute atomic E-state index is 13.2. The van der Waals surface area contributed by atoms with E-state index in [1.165, 1.54) is 37.7 Å². The summed E-state index contributed by atoms with van der Waals surface area (Å²) in [5.41, 5.74) is 2.27. The Morgan fingerprint density at radius 1 is 0.912 bits per heavy atom. The molecule has 1 saturated carbocycles. The maximum Gasteiger partial charge on any atom is 0.324 e. The molecule has 2 aromatic rings. The van der Waals surface area contributed by atoms with Crippen LogP contribution in [0.1, 0.15) is 70.3 Å². The summed E-state index contributed by atoms with van der Waals surface area (Å²) in [6, 6.07) is 9.69. The minimum absolute atomic E-state index is 0.114. The minimum atomic E-state index is 0.114. The SMILES string of the molecule is CC(C)c1ccc(-c2noc(N3CCC(C(=O)N4CCN(C5CCCCC5)CC4)CC3)n2)cc1. The first kappa shape index (κ1) is 23.3. The third-order valence-electron chi connectivity index (χ3n) is 8.08. The summed E-state index contributed by atoms with van der Waals surface area (Å²) in [4.78, 5) is 24.7. The van der Waals surface area contributed by atoms with Gasteiger partial charge in [0.15, 0.2) is 0 Å². The van der Waals surface area contributed by atoms with E-state index in [2.05, 4.69) is 63.0 Å². The molecule has 7 heteroatoms. The highest BCUT2D eigenvalue weighted by Gasteiger charge is 2.33. The van der Waals surface area contributed by atoms with Crippen molar-refractivity contribution in [1.82, 2.24) is 19.9 Å². The summed E-state index contributed by atoms with van der Waals surface area (Å²) in [6.07, 6.45) is 8.51. The van der Waals surface area contributed by atoms with E-state index in [0.717, 1.165) is 63.7 Å². The second kappa shape index (κ2) is 10.5. The number of hydrogen-bond donors (Lipinski definition) is 0. The highest BCUT2D eigenvalue weighted by atomic mass is 16.5. The highest BCUT2D eigenvalue weighted by molar-refractivity contribution is 5.79. The fourth-order valence-electron chi connectivity index (χ4n) is 5.81. The molecule has 1 aromatic heterocycles. The minimum Gasteiger partial charge on any atom is -0.340 e. The average molecular weight is 466 g/mol. The van der Waals surface area contributed by atoms with Crippen LogP contribution in [0.2, 0.25) is 0 Å². The fraction of sp³-hybridized carbons (Fsp3) is 0.667. The van der Waals surface area contributed by atoms with Crippen LogP contribution in [0.15, 0.2) is 28.8 Å². The third-order valence-corrected chi connectivity index (χ3v) is 8.08. The summed E-state index contributed by atoms with van der Waals surface area (Å²) in [7, 11) is 0. The van der Waals surface area contributed by atoms with E-state index >= 15 is 0 Å². The normalized spacial score (nSPS) is 21.4. The number of nitrogens with zero attached hydrogens (tertiary/aromatic N) is 5. The Labute approximate surface area is 203 Å². The molecule has 0 atom stereocenters. The van der Waals surface area contributed by atoms with Crippen LogP contribution in [0.3, 0.4) is 0 Å². The van der Waals surface area contributed by atoms with Gasteiger partial charge in [0, 0.05) is 56.8 Å². The van der Waals surface area contributed by atoms with Crippen molar-refractivity contribution in [3.8, 4) is 11.4 Å². The molecule has 1 aromatic carbocycles. The number of aromatic nitrogens is 2. The Hall–Kier alpha value is -2.41. The van der Waals surface area contributed by atoms with Gasteiger partial charge in [-0.05, 0) is 37.2 Å². The molecule has 2 saturated heterocycles. The maximum atomic E-state index is 13.2. The lowest BCUT2D eigenvalue weighted by Gasteiger charge is -2.42. The monoisotopic (exact) mass is 465 g/mol. The first-order chi connectivity index (χ1) is 16.6. The summed E-state index contributed by atoms with van der Waals surface area (Å²) in [6.45, 7) is 9.80. The third kappa shape index (κ3) is 5.14. The predicted molar refractivity (Wildman–Crippen MR) is 134 cm³/mol. The molecule has 34 heavy (non-hydrogen) atoms. The van der Waals surface area contributed by atoms with Gasteiger partial charge in [-0.3, -0.25) is 9.69 Å². The molecule has 0 unspecified atom stereocenters. The molecule has 0 bridgehead atoms. The first-order valence-electron chi connectivity index (χ1n) is 13.3. The summed E-state index contributed by atoms with van der Waals surface area (Å²) >= 11 is 0.